The highest BCUT2D eigenvalue weighted by Crippen LogP contribution is 2.18. The molecule has 88 valence electrons. The number of hydrogen-bond donors (Lipinski definition) is 2. The quantitative estimate of drug-likeness (QED) is 0.752. The van der Waals surface area contributed by atoms with E-state index in [1.54, 1.807) is 0 Å². The van der Waals surface area contributed by atoms with Gasteiger partial charge in [-0.15, -0.1) is 0 Å². The molecule has 16 heavy (non-hydrogen) atoms. The standard InChI is InChI=1S/C14H22N2/c1-5-7-14-12(4)16-10-13(14)9-8-11(3)15-6-2/h5,7,10,15-16H,3,6,8-9H2,1-2,4H3/b7-5-. The lowest BCUT2D eigenvalue weighted by atomic mass is 10.1. The number of aryl methyl sites for hydroxylation is 2. The topological polar surface area (TPSA) is 27.8 Å². The first kappa shape index (κ1) is 12.6. The normalized spacial score (nSPS) is 10.9. The van der Waals surface area contributed by atoms with Crippen molar-refractivity contribution < 1.29 is 0 Å². The zero-order valence-electron chi connectivity index (χ0n) is 10.6. The summed E-state index contributed by atoms with van der Waals surface area (Å²) in [6.45, 7) is 11.2. The van der Waals surface area contributed by atoms with Gasteiger partial charge in [0.05, 0.1) is 0 Å². The van der Waals surface area contributed by atoms with Crippen LogP contribution in [0, 0.1) is 6.92 Å². The van der Waals surface area contributed by atoms with E-state index in [-0.39, 0.29) is 0 Å². The molecule has 0 atom stereocenters. The van der Waals surface area contributed by atoms with Crippen LogP contribution in [0.5, 0.6) is 0 Å². The molecule has 1 aromatic heterocycles. The van der Waals surface area contributed by atoms with Gasteiger partial charge >= 0.3 is 0 Å². The third-order valence-corrected chi connectivity index (χ3v) is 2.67. The lowest BCUT2D eigenvalue weighted by molar-refractivity contribution is 0.778. The van der Waals surface area contributed by atoms with Crippen molar-refractivity contribution in [3.05, 3.63) is 41.4 Å². The Kier molecular flexibility index (Phi) is 4.90. The van der Waals surface area contributed by atoms with Gasteiger partial charge in [-0.3, -0.25) is 0 Å². The lowest BCUT2D eigenvalue weighted by Gasteiger charge is -2.06. The second kappa shape index (κ2) is 6.21. The van der Waals surface area contributed by atoms with Crippen molar-refractivity contribution in [2.75, 3.05) is 6.54 Å². The first-order chi connectivity index (χ1) is 7.69. The third kappa shape index (κ3) is 3.30. The molecule has 2 heteroatoms. The van der Waals surface area contributed by atoms with Crippen LogP contribution < -0.4 is 5.32 Å². The Labute approximate surface area is 98.5 Å². The maximum absolute atomic E-state index is 4.00. The minimum absolute atomic E-state index is 0.951. The van der Waals surface area contributed by atoms with Gasteiger partial charge in [-0.1, -0.05) is 18.7 Å². The molecule has 1 rings (SSSR count). The summed E-state index contributed by atoms with van der Waals surface area (Å²) >= 11 is 0. The van der Waals surface area contributed by atoms with Gasteiger partial charge in [0.25, 0.3) is 0 Å². The van der Waals surface area contributed by atoms with Gasteiger partial charge in [0.1, 0.15) is 0 Å². The number of nitrogens with one attached hydrogen (secondary N) is 2. The van der Waals surface area contributed by atoms with E-state index in [2.05, 4.69) is 49.1 Å². The van der Waals surface area contributed by atoms with E-state index in [4.69, 9.17) is 0 Å². The van der Waals surface area contributed by atoms with Crippen molar-refractivity contribution in [1.82, 2.24) is 10.3 Å². The number of aromatic amines is 1. The molecule has 0 unspecified atom stereocenters. The number of allylic oxidation sites excluding steroid dienone is 2. The summed E-state index contributed by atoms with van der Waals surface area (Å²) in [5, 5.41) is 3.25. The van der Waals surface area contributed by atoms with Gasteiger partial charge in [0.15, 0.2) is 0 Å². The number of hydrogen-bond acceptors (Lipinski definition) is 1. The first-order valence-electron chi connectivity index (χ1n) is 5.90. The largest absolute Gasteiger partial charge is 0.389 e. The van der Waals surface area contributed by atoms with E-state index in [1.807, 2.05) is 6.92 Å². The summed E-state index contributed by atoms with van der Waals surface area (Å²) in [4.78, 5) is 3.28. The fourth-order valence-corrected chi connectivity index (χ4v) is 1.82. The monoisotopic (exact) mass is 218 g/mol. The molecule has 1 heterocycles. The smallest absolute Gasteiger partial charge is 0.0191 e. The second-order valence-corrected chi connectivity index (χ2v) is 3.99. The van der Waals surface area contributed by atoms with E-state index in [0.717, 1.165) is 25.1 Å². The summed E-state index contributed by atoms with van der Waals surface area (Å²) in [7, 11) is 0. The van der Waals surface area contributed by atoms with Gasteiger partial charge in [0, 0.05) is 24.1 Å². The van der Waals surface area contributed by atoms with E-state index < -0.39 is 0 Å². The molecule has 0 aliphatic heterocycles. The molecule has 1 aromatic rings. The maximum atomic E-state index is 4.00. The molecule has 0 saturated carbocycles. The van der Waals surface area contributed by atoms with Crippen LogP contribution in [0.4, 0.5) is 0 Å². The summed E-state index contributed by atoms with van der Waals surface area (Å²) in [6, 6.07) is 0. The summed E-state index contributed by atoms with van der Waals surface area (Å²) in [5.41, 5.74) is 5.05. The molecule has 0 saturated heterocycles. The first-order valence-corrected chi connectivity index (χ1v) is 5.90. The zero-order valence-corrected chi connectivity index (χ0v) is 10.6. The van der Waals surface area contributed by atoms with Gasteiger partial charge < -0.3 is 10.3 Å². The SMILES string of the molecule is C=C(CCc1c[nH]c(C)c1/C=C\C)NCC. The Bertz CT molecular complexity index is 372. The van der Waals surface area contributed by atoms with Crippen molar-refractivity contribution in [3.8, 4) is 0 Å². The summed E-state index contributed by atoms with van der Waals surface area (Å²) in [6.07, 6.45) is 8.38. The van der Waals surface area contributed by atoms with E-state index >= 15 is 0 Å². The van der Waals surface area contributed by atoms with Crippen LogP contribution in [0.3, 0.4) is 0 Å². The van der Waals surface area contributed by atoms with Gasteiger partial charge in [-0.05, 0) is 44.7 Å². The van der Waals surface area contributed by atoms with E-state index in [1.165, 1.54) is 16.8 Å². The minimum Gasteiger partial charge on any atom is -0.389 e. The van der Waals surface area contributed by atoms with Crippen LogP contribution in [0.1, 0.15) is 37.1 Å². The highest BCUT2D eigenvalue weighted by molar-refractivity contribution is 5.56. The molecule has 0 aliphatic carbocycles. The second-order valence-electron chi connectivity index (χ2n) is 3.99. The molecule has 2 nitrogen and oxygen atoms in total. The molecular formula is C14H22N2. The van der Waals surface area contributed by atoms with Crippen LogP contribution >= 0.6 is 0 Å². The molecule has 0 spiro atoms. The number of rotatable bonds is 6. The molecule has 2 N–H and O–H groups in total. The van der Waals surface area contributed by atoms with Crippen molar-refractivity contribution in [2.45, 2.75) is 33.6 Å². The molecular weight excluding hydrogens is 196 g/mol. The van der Waals surface area contributed by atoms with Gasteiger partial charge in [0.2, 0.25) is 0 Å². The Balaban J connectivity index is 2.63. The van der Waals surface area contributed by atoms with Crippen LogP contribution in [0.25, 0.3) is 6.08 Å². The Morgan fingerprint density at radius 1 is 1.56 bits per heavy atom. The lowest BCUT2D eigenvalue weighted by Crippen LogP contribution is -2.11. The van der Waals surface area contributed by atoms with Crippen LogP contribution in [0.2, 0.25) is 0 Å². The van der Waals surface area contributed by atoms with Crippen molar-refractivity contribution in [3.63, 3.8) is 0 Å². The fraction of sp³-hybridized carbons (Fsp3) is 0.429. The highest BCUT2D eigenvalue weighted by atomic mass is 14.9. The molecule has 0 aromatic carbocycles. The predicted molar refractivity (Wildman–Crippen MR) is 71.4 cm³/mol. The van der Waals surface area contributed by atoms with E-state index in [9.17, 15) is 0 Å². The third-order valence-electron chi connectivity index (χ3n) is 2.67. The Morgan fingerprint density at radius 2 is 2.31 bits per heavy atom. The predicted octanol–water partition coefficient (Wildman–Crippen LogP) is 3.41. The molecule has 0 aliphatic rings. The van der Waals surface area contributed by atoms with Gasteiger partial charge in [-0.2, -0.15) is 0 Å². The maximum Gasteiger partial charge on any atom is 0.0191 e. The average Bonchev–Trinajstić information content (AvgIpc) is 2.59. The molecule has 0 bridgehead atoms. The molecule has 0 amide bonds. The van der Waals surface area contributed by atoms with Crippen molar-refractivity contribution in [2.24, 2.45) is 0 Å². The van der Waals surface area contributed by atoms with Crippen molar-refractivity contribution >= 4 is 6.08 Å². The number of aromatic nitrogens is 1. The highest BCUT2D eigenvalue weighted by Gasteiger charge is 2.05. The van der Waals surface area contributed by atoms with Gasteiger partial charge in [-0.25, -0.2) is 0 Å². The minimum atomic E-state index is 0.951. The Hall–Kier alpha value is -1.44. The average molecular weight is 218 g/mol. The van der Waals surface area contributed by atoms with Crippen LogP contribution in [0.15, 0.2) is 24.5 Å². The van der Waals surface area contributed by atoms with E-state index in [0.29, 0.717) is 0 Å². The molecule has 0 radical (unpaired) electrons. The molecule has 0 fully saturated rings. The number of H-pyrrole nitrogens is 1. The van der Waals surface area contributed by atoms with Crippen LogP contribution in [-0.2, 0) is 6.42 Å². The van der Waals surface area contributed by atoms with Crippen molar-refractivity contribution in [1.29, 1.82) is 0 Å². The fourth-order valence-electron chi connectivity index (χ4n) is 1.82. The Morgan fingerprint density at radius 3 is 2.94 bits per heavy atom. The van der Waals surface area contributed by atoms with Crippen LogP contribution in [-0.4, -0.2) is 11.5 Å². The summed E-state index contributed by atoms with van der Waals surface area (Å²) in [5.74, 6) is 0. The zero-order chi connectivity index (χ0) is 12.0. The summed E-state index contributed by atoms with van der Waals surface area (Å²) < 4.78 is 0.